The van der Waals surface area contributed by atoms with Gasteiger partial charge in [0.15, 0.2) is 5.70 Å². The number of β-lactam (4-membered cyclic amide) rings is 1. The molecule has 2 heterocycles. The van der Waals surface area contributed by atoms with Gasteiger partial charge in [-0.1, -0.05) is 43.3 Å². The Morgan fingerprint density at radius 1 is 0.907 bits per heavy atom. The lowest BCUT2D eigenvalue weighted by atomic mass is 9.79. The summed E-state index contributed by atoms with van der Waals surface area (Å²) in [7, 11) is -4.64. The number of amides is 1. The average Bonchev–Trinajstić information content (AvgIpc) is 3.21. The number of carbonyl (C=O) groups is 3. The van der Waals surface area contributed by atoms with Gasteiger partial charge in [-0.25, -0.2) is 9.59 Å². The lowest BCUT2D eigenvalue weighted by Gasteiger charge is -2.46. The van der Waals surface area contributed by atoms with Gasteiger partial charge in [0.05, 0.1) is 28.6 Å². The highest BCUT2D eigenvalue weighted by molar-refractivity contribution is 7.49. The third-order valence-corrected chi connectivity index (χ3v) is 8.22. The van der Waals surface area contributed by atoms with Crippen LogP contribution in [-0.4, -0.2) is 44.9 Å². The van der Waals surface area contributed by atoms with Gasteiger partial charge in [0, 0.05) is 18.1 Å². The highest BCUT2D eigenvalue weighted by atomic mass is 31.2. The number of nitrogens with zero attached hydrogens (tertiary/aromatic N) is 2. The molecule has 3 aromatic carbocycles. The van der Waals surface area contributed by atoms with Crippen molar-refractivity contribution in [3.63, 3.8) is 0 Å². The van der Waals surface area contributed by atoms with E-state index in [4.69, 9.17) is 18.3 Å². The Kier molecular flexibility index (Phi) is 8.03. The first-order valence-electron chi connectivity index (χ1n) is 13.0. The zero-order valence-corrected chi connectivity index (χ0v) is 23.7. The first-order chi connectivity index (χ1) is 20.5. The fourth-order valence-electron chi connectivity index (χ4n) is 4.94. The first-order valence-corrected chi connectivity index (χ1v) is 14.5. The highest BCUT2D eigenvalue weighted by Crippen LogP contribution is 2.57. The van der Waals surface area contributed by atoms with Gasteiger partial charge in [0.1, 0.15) is 17.3 Å². The largest absolute Gasteiger partial charge is 0.646 e. The van der Waals surface area contributed by atoms with Crippen LogP contribution in [0.5, 0.6) is 11.5 Å². The molecule has 222 valence electrons. The van der Waals surface area contributed by atoms with Gasteiger partial charge in [-0.3, -0.25) is 19.8 Å². The molecule has 3 aromatic rings. The lowest BCUT2D eigenvalue weighted by molar-refractivity contribution is -0.384. The van der Waals surface area contributed by atoms with Crippen molar-refractivity contribution in [1.82, 2.24) is 4.90 Å². The summed E-state index contributed by atoms with van der Waals surface area (Å²) in [5, 5.41) is 21.2. The Morgan fingerprint density at radius 2 is 1.44 bits per heavy atom. The molecule has 0 saturated carbocycles. The zero-order valence-electron chi connectivity index (χ0n) is 22.8. The van der Waals surface area contributed by atoms with Crippen LogP contribution in [0.25, 0.3) is 0 Å². The molecule has 2 aliphatic heterocycles. The van der Waals surface area contributed by atoms with Gasteiger partial charge < -0.3 is 23.4 Å². The summed E-state index contributed by atoms with van der Waals surface area (Å²) in [5.41, 5.74) is -0.966. The van der Waals surface area contributed by atoms with Crippen molar-refractivity contribution in [3.8, 4) is 11.5 Å². The number of non-ortho nitro benzene ring substituents is 1. The number of phosphoric ester groups is 1. The van der Waals surface area contributed by atoms with Crippen LogP contribution in [0.4, 0.5) is 5.69 Å². The van der Waals surface area contributed by atoms with Crippen LogP contribution in [-0.2, 0) is 23.4 Å². The van der Waals surface area contributed by atoms with Crippen LogP contribution in [0, 0.1) is 22.0 Å². The zero-order chi connectivity index (χ0) is 30.9. The summed E-state index contributed by atoms with van der Waals surface area (Å²) in [4.78, 5) is 50.6. The number of nitro benzene ring substituents is 1. The number of aliphatic hydroxyl groups is 1. The number of fused-ring (bicyclic) bond motifs is 1. The van der Waals surface area contributed by atoms with Crippen molar-refractivity contribution in [1.29, 1.82) is 0 Å². The van der Waals surface area contributed by atoms with Gasteiger partial charge in [0.25, 0.3) is 5.69 Å². The summed E-state index contributed by atoms with van der Waals surface area (Å²) in [6, 6.07) is 19.5. The predicted octanol–water partition coefficient (Wildman–Crippen LogP) is 4.63. The Hall–Kier alpha value is -5.00. The highest BCUT2D eigenvalue weighted by Gasteiger charge is 2.62. The van der Waals surface area contributed by atoms with Crippen molar-refractivity contribution in [3.05, 3.63) is 112 Å². The van der Waals surface area contributed by atoms with Gasteiger partial charge in [-0.15, -0.1) is 0 Å². The molecule has 0 aromatic heterocycles. The van der Waals surface area contributed by atoms with Crippen molar-refractivity contribution in [2.24, 2.45) is 11.8 Å². The normalized spacial score (nSPS) is 20.0. The van der Waals surface area contributed by atoms with Gasteiger partial charge in [-0.05, 0) is 43.3 Å². The number of rotatable bonds is 10. The van der Waals surface area contributed by atoms with Crippen LogP contribution in [0.2, 0.25) is 0 Å². The van der Waals surface area contributed by atoms with Gasteiger partial charge >= 0.3 is 19.8 Å². The number of carbonyl (C=O) groups excluding carboxylic acids is 3. The van der Waals surface area contributed by atoms with Crippen molar-refractivity contribution >= 4 is 31.4 Å². The number of ether oxygens (including phenoxy) is 1. The molecule has 0 radical (unpaired) electrons. The van der Waals surface area contributed by atoms with E-state index in [0.717, 1.165) is 29.2 Å². The fraction of sp³-hybridized carbons (Fsp3) is 0.207. The number of para-hydroxylation sites is 2. The number of hydrogen-bond acceptors (Lipinski definition) is 11. The van der Waals surface area contributed by atoms with Gasteiger partial charge in [0.2, 0.25) is 5.91 Å². The molecule has 14 heteroatoms. The molecular weight excluding hydrogens is 583 g/mol. The SMILES string of the molecule is CC(O)C1C(=O)N2C(C(=O)OC(=O)c3ccc([N+](=O)[O-])cc3)=C(OP(=O)(Oc3ccccc3)Oc3ccccc3)C(C)C12. The minimum absolute atomic E-state index is 0.117. The summed E-state index contributed by atoms with van der Waals surface area (Å²) >= 11 is 0. The van der Waals surface area contributed by atoms with E-state index in [9.17, 15) is 34.2 Å². The molecule has 0 bridgehead atoms. The monoisotopic (exact) mass is 608 g/mol. The van der Waals surface area contributed by atoms with E-state index in [1.165, 1.54) is 31.2 Å². The van der Waals surface area contributed by atoms with Gasteiger partial charge in [-0.2, -0.15) is 4.57 Å². The second-order valence-corrected chi connectivity index (χ2v) is 11.2. The van der Waals surface area contributed by atoms with Crippen molar-refractivity contribution in [2.75, 3.05) is 0 Å². The Balaban J connectivity index is 1.51. The molecule has 5 rings (SSSR count). The number of hydrogen-bond donors (Lipinski definition) is 1. The van der Waals surface area contributed by atoms with E-state index in [1.54, 1.807) is 43.3 Å². The maximum atomic E-state index is 14.2. The van der Waals surface area contributed by atoms with E-state index in [1.807, 2.05) is 0 Å². The maximum absolute atomic E-state index is 14.2. The van der Waals surface area contributed by atoms with E-state index < -0.39 is 60.3 Å². The van der Waals surface area contributed by atoms with E-state index in [-0.39, 0.29) is 28.5 Å². The third kappa shape index (κ3) is 5.85. The Bertz CT molecular complexity index is 1600. The Labute approximate surface area is 245 Å². The molecule has 13 nitrogen and oxygen atoms in total. The van der Waals surface area contributed by atoms with Crippen LogP contribution in [0.15, 0.2) is 96.4 Å². The molecule has 43 heavy (non-hydrogen) atoms. The molecule has 1 saturated heterocycles. The minimum Gasteiger partial charge on any atom is -0.393 e. The van der Waals surface area contributed by atoms with Crippen LogP contribution in [0.1, 0.15) is 24.2 Å². The van der Waals surface area contributed by atoms with Crippen LogP contribution < -0.4 is 9.05 Å². The van der Waals surface area contributed by atoms with Crippen LogP contribution >= 0.6 is 7.82 Å². The minimum atomic E-state index is -4.64. The van der Waals surface area contributed by atoms with E-state index in [0.29, 0.717) is 0 Å². The third-order valence-electron chi connectivity index (χ3n) is 6.93. The maximum Gasteiger partial charge on any atom is 0.646 e. The van der Waals surface area contributed by atoms with Crippen LogP contribution in [0.3, 0.4) is 0 Å². The number of nitro groups is 1. The Morgan fingerprint density at radius 3 is 1.93 bits per heavy atom. The smallest absolute Gasteiger partial charge is 0.393 e. The predicted molar refractivity (Wildman–Crippen MR) is 148 cm³/mol. The lowest BCUT2D eigenvalue weighted by Crippen LogP contribution is -2.63. The molecule has 0 spiro atoms. The molecule has 0 aliphatic carbocycles. The topological polar surface area (TPSA) is 172 Å². The molecule has 4 atom stereocenters. The molecule has 1 N–H and O–H groups in total. The average molecular weight is 608 g/mol. The fourth-order valence-corrected chi connectivity index (χ4v) is 6.31. The molecule has 1 fully saturated rings. The van der Waals surface area contributed by atoms with Crippen molar-refractivity contribution < 1.29 is 47.3 Å². The quantitative estimate of drug-likeness (QED) is 0.0849. The molecule has 2 aliphatic rings. The second kappa shape index (κ2) is 11.7. The molecule has 4 unspecified atom stereocenters. The summed E-state index contributed by atoms with van der Waals surface area (Å²) in [5.74, 6) is -4.92. The summed E-state index contributed by atoms with van der Waals surface area (Å²) in [6.45, 7) is 3.01. The van der Waals surface area contributed by atoms with Crippen molar-refractivity contribution in [2.45, 2.75) is 26.0 Å². The number of aliphatic hydroxyl groups excluding tert-OH is 1. The first kappa shape index (κ1) is 29.5. The summed E-state index contributed by atoms with van der Waals surface area (Å²) < 4.78 is 36.4. The standard InChI is InChI=1S/C29H25N2O11P/c1-17-24-23(18(2)32)27(33)30(24)25(29(35)39-28(34)19-13-15-20(16-14-19)31(36)37)26(17)42-43(38,40-21-9-5-3-6-10-21)41-22-11-7-4-8-12-22/h3-18,23-24,32H,1-2H3. The van der Waals surface area contributed by atoms with E-state index in [2.05, 4.69) is 0 Å². The number of esters is 2. The molecule has 1 amide bonds. The van der Waals surface area contributed by atoms with E-state index >= 15 is 0 Å². The second-order valence-electron chi connectivity index (χ2n) is 9.79. The molecular formula is C29H25N2O11P. The number of phosphoric acid groups is 1. The summed E-state index contributed by atoms with van der Waals surface area (Å²) in [6.07, 6.45) is -1.09. The number of benzene rings is 3.